The molecule has 0 aliphatic heterocycles. The summed E-state index contributed by atoms with van der Waals surface area (Å²) in [5.41, 5.74) is 0. The minimum absolute atomic E-state index is 0. The van der Waals surface area contributed by atoms with Gasteiger partial charge in [0.1, 0.15) is 0 Å². The van der Waals surface area contributed by atoms with E-state index in [1.54, 1.807) is 18.5 Å². The van der Waals surface area contributed by atoms with Crippen molar-refractivity contribution in [3.63, 3.8) is 0 Å². The van der Waals surface area contributed by atoms with E-state index in [1.165, 1.54) is 0 Å². The number of hydrogen-bond acceptors (Lipinski definition) is 2. The fraction of sp³-hybridized carbons (Fsp3) is 0. The summed E-state index contributed by atoms with van der Waals surface area (Å²) >= 11 is 0. The van der Waals surface area contributed by atoms with Crippen molar-refractivity contribution >= 4 is 0 Å². The van der Waals surface area contributed by atoms with Crippen LogP contribution in [0.15, 0.2) is 18.5 Å². The van der Waals surface area contributed by atoms with Crippen LogP contribution in [-0.2, 0) is 22.4 Å². The molecule has 0 bridgehead atoms. The molecule has 0 N–H and O–H groups in total. The second kappa shape index (κ2) is 3.99. The topological polar surface area (TPSA) is 25.8 Å². The van der Waals surface area contributed by atoms with Crippen LogP contribution in [0.1, 0.15) is 0 Å². The molecule has 0 aliphatic rings. The van der Waals surface area contributed by atoms with Gasteiger partial charge in [-0.1, -0.05) is 12.4 Å². The van der Waals surface area contributed by atoms with Crippen molar-refractivity contribution in [3.05, 3.63) is 24.8 Å². The Morgan fingerprint density at radius 2 is 1.71 bits per heavy atom. The molecule has 7 heavy (non-hydrogen) atoms. The monoisotopic (exact) mass is 276 g/mol. The minimum Gasteiger partial charge on any atom is -0.374 e. The zero-order valence-electron chi connectivity index (χ0n) is 3.43. The second-order valence-corrected chi connectivity index (χ2v) is 0.849. The van der Waals surface area contributed by atoms with Crippen LogP contribution in [0.4, 0.5) is 0 Å². The first kappa shape index (κ1) is 6.82. The summed E-state index contributed by atoms with van der Waals surface area (Å²) in [7, 11) is 0. The van der Waals surface area contributed by atoms with Crippen LogP contribution in [0.3, 0.4) is 0 Å². The SMILES string of the molecule is [Au+].[c-]1ncccn1. The number of nitrogens with zero attached hydrogens (tertiary/aromatic N) is 2. The third-order valence-corrected chi connectivity index (χ3v) is 0.437. The smallest absolute Gasteiger partial charge is 0.374 e. The van der Waals surface area contributed by atoms with Crippen molar-refractivity contribution in [2.24, 2.45) is 0 Å². The van der Waals surface area contributed by atoms with Gasteiger partial charge >= 0.3 is 22.4 Å². The van der Waals surface area contributed by atoms with Gasteiger partial charge in [-0.2, -0.15) is 0 Å². The molecule has 0 saturated heterocycles. The average molecular weight is 276 g/mol. The molecule has 2 nitrogen and oxygen atoms in total. The predicted molar refractivity (Wildman–Crippen MR) is 20.9 cm³/mol. The fourth-order valence-corrected chi connectivity index (χ4v) is 0.225. The summed E-state index contributed by atoms with van der Waals surface area (Å²) in [6.45, 7) is 0. The van der Waals surface area contributed by atoms with Crippen LogP contribution < -0.4 is 0 Å². The van der Waals surface area contributed by atoms with Gasteiger partial charge in [0.25, 0.3) is 0 Å². The molecule has 40 valence electrons. The third kappa shape index (κ3) is 2.51. The molecule has 0 amide bonds. The maximum Gasteiger partial charge on any atom is 1.00 e. The summed E-state index contributed by atoms with van der Waals surface area (Å²) in [5.74, 6) is 0. The standard InChI is InChI=1S/C4H3N2.Au/c1-2-5-4-6-3-1;/h1-3H;/q-1;+1. The summed E-state index contributed by atoms with van der Waals surface area (Å²) in [6.07, 6.45) is 5.66. The van der Waals surface area contributed by atoms with Crippen LogP contribution in [-0.4, -0.2) is 9.97 Å². The third-order valence-electron chi connectivity index (χ3n) is 0.437. The van der Waals surface area contributed by atoms with E-state index in [-0.39, 0.29) is 22.4 Å². The maximum absolute atomic E-state index is 3.55. The molecule has 0 radical (unpaired) electrons. The first-order valence-corrected chi connectivity index (χ1v) is 1.63. The van der Waals surface area contributed by atoms with E-state index in [0.29, 0.717) is 0 Å². The van der Waals surface area contributed by atoms with E-state index in [9.17, 15) is 0 Å². The minimum atomic E-state index is 0. The van der Waals surface area contributed by atoms with Crippen LogP contribution in [0.5, 0.6) is 0 Å². The zero-order valence-corrected chi connectivity index (χ0v) is 5.59. The molecule has 0 spiro atoms. The van der Waals surface area contributed by atoms with Gasteiger partial charge in [0.2, 0.25) is 0 Å². The van der Waals surface area contributed by atoms with Gasteiger partial charge in [-0.25, -0.2) is 0 Å². The molecule has 0 aromatic carbocycles. The second-order valence-electron chi connectivity index (χ2n) is 0.849. The van der Waals surface area contributed by atoms with E-state index < -0.39 is 0 Å². The Hall–Kier alpha value is -0.180. The van der Waals surface area contributed by atoms with E-state index in [1.807, 2.05) is 0 Å². The Morgan fingerprint density at radius 3 is 1.86 bits per heavy atom. The van der Waals surface area contributed by atoms with Crippen molar-refractivity contribution in [2.75, 3.05) is 0 Å². The van der Waals surface area contributed by atoms with Gasteiger partial charge in [0.05, 0.1) is 0 Å². The van der Waals surface area contributed by atoms with Crippen LogP contribution in [0, 0.1) is 6.33 Å². The Labute approximate surface area is 57.5 Å². The van der Waals surface area contributed by atoms with Crippen molar-refractivity contribution in [2.45, 2.75) is 0 Å². The van der Waals surface area contributed by atoms with Crippen LogP contribution in [0.2, 0.25) is 0 Å². The molecule has 0 aliphatic carbocycles. The van der Waals surface area contributed by atoms with Crippen molar-refractivity contribution in [1.82, 2.24) is 9.97 Å². The summed E-state index contributed by atoms with van der Waals surface area (Å²) in [4.78, 5) is 7.10. The number of hydrogen-bond donors (Lipinski definition) is 0. The first-order valence-electron chi connectivity index (χ1n) is 1.63. The molecule has 1 aromatic heterocycles. The number of aromatic nitrogens is 2. The molecular formula is C4H3AuN2. The molecule has 0 saturated carbocycles. The largest absolute Gasteiger partial charge is 1.00 e. The molecule has 0 unspecified atom stereocenters. The van der Waals surface area contributed by atoms with Crippen LogP contribution >= 0.6 is 0 Å². The first-order chi connectivity index (χ1) is 3.00. The normalized spacial score (nSPS) is 6.86. The molecular weight excluding hydrogens is 273 g/mol. The molecule has 1 aromatic rings. The summed E-state index contributed by atoms with van der Waals surface area (Å²) < 4.78 is 0. The zero-order chi connectivity index (χ0) is 4.24. The molecule has 3 heteroatoms. The predicted octanol–water partition coefficient (Wildman–Crippen LogP) is 0.274. The van der Waals surface area contributed by atoms with Gasteiger partial charge in [0.15, 0.2) is 0 Å². The van der Waals surface area contributed by atoms with E-state index >= 15 is 0 Å². The Bertz CT molecular complexity index is 81.6. The van der Waals surface area contributed by atoms with Gasteiger partial charge < -0.3 is 9.97 Å². The van der Waals surface area contributed by atoms with Crippen molar-refractivity contribution in [1.29, 1.82) is 0 Å². The molecule has 0 atom stereocenters. The maximum atomic E-state index is 3.55. The molecule has 1 heterocycles. The van der Waals surface area contributed by atoms with E-state index in [2.05, 4.69) is 16.3 Å². The molecule has 1 rings (SSSR count). The van der Waals surface area contributed by atoms with E-state index in [0.717, 1.165) is 0 Å². The fourth-order valence-electron chi connectivity index (χ4n) is 0.225. The van der Waals surface area contributed by atoms with Crippen molar-refractivity contribution in [3.8, 4) is 0 Å². The average Bonchev–Trinajstić information content (AvgIpc) is 1.72. The Kier molecular flexibility index (Phi) is 3.89. The summed E-state index contributed by atoms with van der Waals surface area (Å²) in [6, 6.07) is 1.75. The summed E-state index contributed by atoms with van der Waals surface area (Å²) in [5, 5.41) is 0. The van der Waals surface area contributed by atoms with Gasteiger partial charge in [0, 0.05) is 6.33 Å². The van der Waals surface area contributed by atoms with Gasteiger partial charge in [-0.15, -0.1) is 6.07 Å². The van der Waals surface area contributed by atoms with Crippen molar-refractivity contribution < 1.29 is 22.4 Å². The Balaban J connectivity index is 0.000000360. The molecule has 0 fully saturated rings. The van der Waals surface area contributed by atoms with E-state index in [4.69, 9.17) is 0 Å². The quantitative estimate of drug-likeness (QED) is 0.502. The van der Waals surface area contributed by atoms with Crippen LogP contribution in [0.25, 0.3) is 0 Å². The Morgan fingerprint density at radius 1 is 1.14 bits per heavy atom. The number of rotatable bonds is 0. The van der Waals surface area contributed by atoms with Gasteiger partial charge in [-0.05, 0) is 0 Å². The van der Waals surface area contributed by atoms with Gasteiger partial charge in [-0.3, -0.25) is 0 Å².